The third-order valence-electron chi connectivity index (χ3n) is 0.543. The molecule has 0 aliphatic rings. The number of halogens is 1. The lowest BCUT2D eigenvalue weighted by Crippen LogP contribution is -1.98. The van der Waals surface area contributed by atoms with Crippen molar-refractivity contribution in [3.05, 3.63) is 25.1 Å². The van der Waals surface area contributed by atoms with Crippen molar-refractivity contribution in [2.24, 2.45) is 0 Å². The highest BCUT2D eigenvalue weighted by molar-refractivity contribution is 5.81. The number of hydrogen-bond acceptors (Lipinski definition) is 2. The maximum absolute atomic E-state index is 11.2. The molecule has 0 aliphatic heterocycles. The van der Waals surface area contributed by atoms with Crippen LogP contribution in [0.15, 0.2) is 25.1 Å². The highest BCUT2D eigenvalue weighted by Crippen LogP contribution is 1.81. The van der Waals surface area contributed by atoms with Gasteiger partial charge in [0.05, 0.1) is 12.4 Å². The lowest BCUT2D eigenvalue weighted by Gasteiger charge is -1.92. The van der Waals surface area contributed by atoms with Crippen molar-refractivity contribution >= 4 is 5.97 Å². The topological polar surface area (TPSA) is 26.3 Å². The van der Waals surface area contributed by atoms with E-state index >= 15 is 0 Å². The molecule has 0 aromatic carbocycles. The molecule has 50 valence electrons. The van der Waals surface area contributed by atoms with Crippen LogP contribution in [-0.2, 0) is 9.53 Å². The molecule has 9 heavy (non-hydrogen) atoms. The average Bonchev–Trinajstić information content (AvgIpc) is 1.85. The van der Waals surface area contributed by atoms with Gasteiger partial charge in [0, 0.05) is 0 Å². The minimum Gasteiger partial charge on any atom is -0.458 e. The van der Waals surface area contributed by atoms with E-state index in [1.54, 1.807) is 0 Å². The van der Waals surface area contributed by atoms with Crippen molar-refractivity contribution in [3.8, 4) is 0 Å². The van der Waals surface area contributed by atoms with Gasteiger partial charge in [0.25, 0.3) is 0 Å². The molecular weight excluding hydrogens is 123 g/mol. The molecule has 0 spiro atoms. The number of carbonyl (C=O) groups excluding carboxylic acids is 1. The quantitative estimate of drug-likeness (QED) is 0.326. The summed E-state index contributed by atoms with van der Waals surface area (Å²) in [6.45, 7) is 3.41. The standard InChI is InChI=1S/C6H7FO2/c1-2-5-9-6(8)3-4-7/h2-4H,1,5H2. The molecule has 0 aromatic heterocycles. The summed E-state index contributed by atoms with van der Waals surface area (Å²) in [4.78, 5) is 10.2. The molecule has 0 radical (unpaired) electrons. The minimum absolute atomic E-state index is 0.114. The Labute approximate surface area is 52.6 Å². The van der Waals surface area contributed by atoms with E-state index in [1.165, 1.54) is 6.08 Å². The second-order valence-corrected chi connectivity index (χ2v) is 1.21. The van der Waals surface area contributed by atoms with E-state index in [0.29, 0.717) is 6.08 Å². The molecule has 0 bridgehead atoms. The summed E-state index contributed by atoms with van der Waals surface area (Å²) >= 11 is 0. The van der Waals surface area contributed by atoms with Gasteiger partial charge in [-0.15, -0.1) is 0 Å². The molecular formula is C6H7FO2. The molecule has 0 fully saturated rings. The van der Waals surface area contributed by atoms with E-state index < -0.39 is 5.97 Å². The largest absolute Gasteiger partial charge is 0.458 e. The van der Waals surface area contributed by atoms with Gasteiger partial charge in [-0.05, 0) is 0 Å². The zero-order valence-electron chi connectivity index (χ0n) is 4.84. The number of rotatable bonds is 3. The maximum Gasteiger partial charge on any atom is 0.333 e. The van der Waals surface area contributed by atoms with Crippen molar-refractivity contribution in [2.75, 3.05) is 6.61 Å². The lowest BCUT2D eigenvalue weighted by atomic mass is 10.6. The molecule has 0 aliphatic carbocycles. The first-order valence-corrected chi connectivity index (χ1v) is 2.35. The Bertz CT molecular complexity index is 129. The van der Waals surface area contributed by atoms with E-state index in [4.69, 9.17) is 0 Å². The predicted octanol–water partition coefficient (Wildman–Crippen LogP) is 1.20. The van der Waals surface area contributed by atoms with Crippen molar-refractivity contribution in [1.29, 1.82) is 0 Å². The van der Waals surface area contributed by atoms with E-state index in [1.807, 2.05) is 0 Å². The molecule has 0 rings (SSSR count). The SMILES string of the molecule is C=CCOC(=O)C=CF. The summed E-state index contributed by atoms with van der Waals surface area (Å²) in [5.41, 5.74) is 0. The van der Waals surface area contributed by atoms with Crippen LogP contribution in [0.4, 0.5) is 4.39 Å². The monoisotopic (exact) mass is 130 g/mol. The Morgan fingerprint density at radius 2 is 2.44 bits per heavy atom. The summed E-state index contributed by atoms with van der Waals surface area (Å²) in [7, 11) is 0. The molecule has 0 aromatic rings. The van der Waals surface area contributed by atoms with Crippen molar-refractivity contribution in [1.82, 2.24) is 0 Å². The van der Waals surface area contributed by atoms with Crippen LogP contribution in [0.2, 0.25) is 0 Å². The number of carbonyl (C=O) groups is 1. The second-order valence-electron chi connectivity index (χ2n) is 1.21. The highest BCUT2D eigenvalue weighted by Gasteiger charge is 1.90. The Kier molecular flexibility index (Phi) is 4.40. The summed E-state index contributed by atoms with van der Waals surface area (Å²) in [5.74, 6) is -0.697. The van der Waals surface area contributed by atoms with Gasteiger partial charge in [-0.25, -0.2) is 9.18 Å². The molecule has 0 unspecified atom stereocenters. The van der Waals surface area contributed by atoms with Crippen LogP contribution < -0.4 is 0 Å². The van der Waals surface area contributed by atoms with Gasteiger partial charge in [0.2, 0.25) is 0 Å². The first kappa shape index (κ1) is 7.88. The zero-order valence-corrected chi connectivity index (χ0v) is 4.84. The van der Waals surface area contributed by atoms with Crippen LogP contribution in [0, 0.1) is 0 Å². The van der Waals surface area contributed by atoms with Crippen LogP contribution in [0.5, 0.6) is 0 Å². The summed E-state index contributed by atoms with van der Waals surface area (Å²) in [6, 6.07) is 0. The van der Waals surface area contributed by atoms with Gasteiger partial charge < -0.3 is 4.74 Å². The number of ether oxygens (including phenoxy) is 1. The molecule has 0 atom stereocenters. The van der Waals surface area contributed by atoms with Crippen LogP contribution in [0.1, 0.15) is 0 Å². The van der Waals surface area contributed by atoms with E-state index in [0.717, 1.165) is 0 Å². The third-order valence-corrected chi connectivity index (χ3v) is 0.543. The minimum atomic E-state index is -0.697. The van der Waals surface area contributed by atoms with E-state index in [2.05, 4.69) is 11.3 Å². The predicted molar refractivity (Wildman–Crippen MR) is 31.4 cm³/mol. The van der Waals surface area contributed by atoms with E-state index in [9.17, 15) is 9.18 Å². The third kappa shape index (κ3) is 4.74. The Morgan fingerprint density at radius 1 is 1.78 bits per heavy atom. The molecule has 0 saturated carbocycles. The average molecular weight is 130 g/mol. The first-order valence-electron chi connectivity index (χ1n) is 2.35. The van der Waals surface area contributed by atoms with Crippen molar-refractivity contribution in [3.63, 3.8) is 0 Å². The number of esters is 1. The Hall–Kier alpha value is -1.12. The van der Waals surface area contributed by atoms with Gasteiger partial charge in [-0.1, -0.05) is 12.7 Å². The molecule has 3 heteroatoms. The van der Waals surface area contributed by atoms with Gasteiger partial charge >= 0.3 is 5.97 Å². The van der Waals surface area contributed by atoms with Crippen LogP contribution >= 0.6 is 0 Å². The summed E-state index contributed by atoms with van der Waals surface area (Å²) < 4.78 is 15.5. The smallest absolute Gasteiger partial charge is 0.333 e. The molecule has 0 N–H and O–H groups in total. The first-order chi connectivity index (χ1) is 4.31. The van der Waals surface area contributed by atoms with Gasteiger partial charge in [0.1, 0.15) is 6.61 Å². The van der Waals surface area contributed by atoms with Crippen LogP contribution in [0.3, 0.4) is 0 Å². The molecule has 0 amide bonds. The number of hydrogen-bond donors (Lipinski definition) is 0. The maximum atomic E-state index is 11.2. The molecule has 2 nitrogen and oxygen atoms in total. The van der Waals surface area contributed by atoms with Crippen molar-refractivity contribution < 1.29 is 13.9 Å². The van der Waals surface area contributed by atoms with Crippen molar-refractivity contribution in [2.45, 2.75) is 0 Å². The lowest BCUT2D eigenvalue weighted by molar-refractivity contribution is -0.136. The fourth-order valence-corrected chi connectivity index (χ4v) is 0.241. The summed E-state index contributed by atoms with van der Waals surface area (Å²) in [5, 5.41) is 0. The Morgan fingerprint density at radius 3 is 2.89 bits per heavy atom. The second kappa shape index (κ2) is 5.03. The van der Waals surface area contributed by atoms with Crippen LogP contribution in [-0.4, -0.2) is 12.6 Å². The molecule has 0 heterocycles. The zero-order chi connectivity index (χ0) is 7.11. The summed E-state index contributed by atoms with van der Waals surface area (Å²) in [6.07, 6.45) is 2.24. The normalized spacial score (nSPS) is 9.44. The fraction of sp³-hybridized carbons (Fsp3) is 0.167. The van der Waals surface area contributed by atoms with Crippen LogP contribution in [0.25, 0.3) is 0 Å². The molecule has 0 saturated heterocycles. The van der Waals surface area contributed by atoms with Gasteiger partial charge in [-0.3, -0.25) is 0 Å². The van der Waals surface area contributed by atoms with Gasteiger partial charge in [-0.2, -0.15) is 0 Å². The van der Waals surface area contributed by atoms with E-state index in [-0.39, 0.29) is 12.9 Å². The Balaban J connectivity index is 3.38. The fourth-order valence-electron chi connectivity index (χ4n) is 0.241. The highest BCUT2D eigenvalue weighted by atomic mass is 19.1. The van der Waals surface area contributed by atoms with Gasteiger partial charge in [0.15, 0.2) is 0 Å².